The maximum absolute atomic E-state index is 12.2. The maximum atomic E-state index is 12.2. The van der Waals surface area contributed by atoms with E-state index in [1.165, 1.54) is 26.4 Å². The first-order valence-electron chi connectivity index (χ1n) is 6.55. The molecule has 0 fully saturated rings. The van der Waals surface area contributed by atoms with Crippen LogP contribution in [0.15, 0.2) is 35.9 Å². The number of rotatable bonds is 5. The van der Waals surface area contributed by atoms with E-state index in [0.717, 1.165) is 0 Å². The van der Waals surface area contributed by atoms with E-state index in [4.69, 9.17) is 14.6 Å². The summed E-state index contributed by atoms with van der Waals surface area (Å²) in [6.45, 7) is 0. The lowest BCUT2D eigenvalue weighted by Gasteiger charge is -2.17. The molecule has 1 atom stereocenters. The van der Waals surface area contributed by atoms with Crippen molar-refractivity contribution in [3.05, 3.63) is 41.5 Å². The molecule has 0 heterocycles. The van der Waals surface area contributed by atoms with Crippen LogP contribution < -0.4 is 9.47 Å². The molecule has 1 aliphatic carbocycles. The largest absolute Gasteiger partial charge is 0.497 e. The van der Waals surface area contributed by atoms with Crippen molar-refractivity contribution >= 4 is 23.3 Å². The van der Waals surface area contributed by atoms with Crippen LogP contribution in [-0.2, 0) is 14.4 Å². The molecule has 23 heavy (non-hydrogen) atoms. The molecule has 1 aliphatic rings. The number of hydrogen-bond donors (Lipinski definition) is 2. The fourth-order valence-corrected chi connectivity index (χ4v) is 2.27. The summed E-state index contributed by atoms with van der Waals surface area (Å²) in [6, 6.07) is 4.68. The van der Waals surface area contributed by atoms with Crippen molar-refractivity contribution in [2.45, 2.75) is 0 Å². The third-order valence-corrected chi connectivity index (χ3v) is 3.40. The number of allylic oxidation sites excluding steroid dienone is 2. The molecule has 1 aromatic carbocycles. The van der Waals surface area contributed by atoms with Crippen molar-refractivity contribution in [2.75, 3.05) is 14.2 Å². The molecular formula is C16H14O7. The van der Waals surface area contributed by atoms with Crippen LogP contribution in [0.5, 0.6) is 11.5 Å². The van der Waals surface area contributed by atoms with Crippen molar-refractivity contribution in [1.29, 1.82) is 0 Å². The van der Waals surface area contributed by atoms with Crippen LogP contribution in [0, 0.1) is 5.92 Å². The van der Waals surface area contributed by atoms with Gasteiger partial charge in [0, 0.05) is 6.07 Å². The highest BCUT2D eigenvalue weighted by Crippen LogP contribution is 2.33. The zero-order valence-electron chi connectivity index (χ0n) is 12.4. The molecule has 7 nitrogen and oxygen atoms in total. The van der Waals surface area contributed by atoms with Gasteiger partial charge in [0.15, 0.2) is 5.78 Å². The van der Waals surface area contributed by atoms with E-state index in [-0.39, 0.29) is 5.57 Å². The first kappa shape index (κ1) is 16.3. The summed E-state index contributed by atoms with van der Waals surface area (Å²) in [7, 11) is 2.88. The number of benzene rings is 1. The lowest BCUT2D eigenvalue weighted by atomic mass is 9.85. The predicted molar refractivity (Wildman–Crippen MR) is 79.4 cm³/mol. The molecule has 2 N–H and O–H groups in total. The molecule has 0 radical (unpaired) electrons. The summed E-state index contributed by atoms with van der Waals surface area (Å²) in [5.41, 5.74) is -0.0838. The summed E-state index contributed by atoms with van der Waals surface area (Å²) < 4.78 is 10.2. The van der Waals surface area contributed by atoms with E-state index in [0.29, 0.717) is 17.1 Å². The molecule has 1 aromatic rings. The quantitative estimate of drug-likeness (QED) is 0.623. The Hall–Kier alpha value is -3.09. The third-order valence-electron chi connectivity index (χ3n) is 3.40. The summed E-state index contributed by atoms with van der Waals surface area (Å²) >= 11 is 0. The van der Waals surface area contributed by atoms with Crippen LogP contribution in [0.2, 0.25) is 0 Å². The number of carboxylic acids is 2. The van der Waals surface area contributed by atoms with Crippen LogP contribution in [-0.4, -0.2) is 42.2 Å². The normalized spacial score (nSPS) is 17.1. The fourth-order valence-electron chi connectivity index (χ4n) is 2.27. The molecule has 0 bridgehead atoms. The smallest absolute Gasteiger partial charge is 0.340 e. The summed E-state index contributed by atoms with van der Waals surface area (Å²) in [5, 5.41) is 18.3. The number of methoxy groups -OCH3 is 2. The Morgan fingerprint density at radius 3 is 2.04 bits per heavy atom. The number of carboxylic acid groups (broad SMARTS) is 2. The lowest BCUT2D eigenvalue weighted by molar-refractivity contribution is -0.143. The summed E-state index contributed by atoms with van der Waals surface area (Å²) in [5.74, 6) is -4.52. The predicted octanol–water partition coefficient (Wildman–Crippen LogP) is 1.38. The number of ketones is 1. The van der Waals surface area contributed by atoms with Gasteiger partial charge in [-0.2, -0.15) is 0 Å². The van der Waals surface area contributed by atoms with Crippen molar-refractivity contribution < 1.29 is 34.1 Å². The van der Waals surface area contributed by atoms with Gasteiger partial charge in [-0.25, -0.2) is 4.79 Å². The molecule has 7 heteroatoms. The average molecular weight is 318 g/mol. The third kappa shape index (κ3) is 3.08. The number of carbonyl (C=O) groups excluding carboxylic acids is 1. The van der Waals surface area contributed by atoms with E-state index in [1.54, 1.807) is 18.2 Å². The van der Waals surface area contributed by atoms with Crippen LogP contribution in [0.4, 0.5) is 0 Å². The van der Waals surface area contributed by atoms with Gasteiger partial charge in [-0.05, 0) is 23.3 Å². The van der Waals surface area contributed by atoms with Crippen LogP contribution in [0.1, 0.15) is 5.56 Å². The Morgan fingerprint density at radius 1 is 1.04 bits per heavy atom. The molecule has 0 saturated carbocycles. The highest BCUT2D eigenvalue weighted by atomic mass is 16.5. The molecule has 2 rings (SSSR count). The molecule has 0 saturated heterocycles. The molecule has 120 valence electrons. The number of carbonyl (C=O) groups is 3. The topological polar surface area (TPSA) is 110 Å². The Balaban J connectivity index is 2.64. The van der Waals surface area contributed by atoms with E-state index in [2.05, 4.69) is 0 Å². The Kier molecular flexibility index (Phi) is 4.49. The minimum atomic E-state index is -1.50. The van der Waals surface area contributed by atoms with Crippen LogP contribution >= 0.6 is 0 Å². The molecule has 0 aliphatic heterocycles. The molecule has 1 unspecified atom stereocenters. The highest BCUT2D eigenvalue weighted by Gasteiger charge is 2.35. The van der Waals surface area contributed by atoms with E-state index < -0.39 is 29.2 Å². The summed E-state index contributed by atoms with van der Waals surface area (Å²) in [6.07, 6.45) is 2.48. The Labute approximate surface area is 131 Å². The average Bonchev–Trinajstić information content (AvgIpc) is 2.53. The molecule has 0 aromatic heterocycles. The number of Topliss-reactive ketones (excluding diaryl/α,β-unsaturated/α-hetero) is 1. The summed E-state index contributed by atoms with van der Waals surface area (Å²) in [4.78, 5) is 34.7. The molecule has 0 amide bonds. The van der Waals surface area contributed by atoms with Crippen LogP contribution in [0.25, 0.3) is 5.57 Å². The fraction of sp³-hybridized carbons (Fsp3) is 0.188. The van der Waals surface area contributed by atoms with Gasteiger partial charge in [-0.1, -0.05) is 12.2 Å². The van der Waals surface area contributed by atoms with E-state index >= 15 is 0 Å². The zero-order chi connectivity index (χ0) is 17.1. The van der Waals surface area contributed by atoms with E-state index in [9.17, 15) is 19.5 Å². The van der Waals surface area contributed by atoms with Crippen molar-refractivity contribution in [1.82, 2.24) is 0 Å². The minimum Gasteiger partial charge on any atom is -0.497 e. The minimum absolute atomic E-state index is 0.109. The first-order chi connectivity index (χ1) is 10.9. The second kappa shape index (κ2) is 6.35. The van der Waals surface area contributed by atoms with Gasteiger partial charge in [0.2, 0.25) is 0 Å². The van der Waals surface area contributed by atoms with Gasteiger partial charge in [0.1, 0.15) is 23.0 Å². The number of aliphatic carboxylic acids is 2. The van der Waals surface area contributed by atoms with E-state index in [1.807, 2.05) is 0 Å². The van der Waals surface area contributed by atoms with Crippen molar-refractivity contribution in [2.24, 2.45) is 5.92 Å². The van der Waals surface area contributed by atoms with Gasteiger partial charge in [0.05, 0.1) is 14.2 Å². The van der Waals surface area contributed by atoms with Crippen molar-refractivity contribution in [3.8, 4) is 11.5 Å². The number of ether oxygens (including phenoxy) is 2. The highest BCUT2D eigenvalue weighted by molar-refractivity contribution is 6.29. The SMILES string of the molecule is COc1cc(OC)cc(C2=C(C(=O)O)C(=O)C(C(=O)O)C=C2)c1. The zero-order valence-corrected chi connectivity index (χ0v) is 12.4. The van der Waals surface area contributed by atoms with Gasteiger partial charge >= 0.3 is 11.9 Å². The van der Waals surface area contributed by atoms with Gasteiger partial charge in [0.25, 0.3) is 0 Å². The van der Waals surface area contributed by atoms with Crippen LogP contribution in [0.3, 0.4) is 0 Å². The lowest BCUT2D eigenvalue weighted by Crippen LogP contribution is -2.29. The van der Waals surface area contributed by atoms with Gasteiger partial charge in [-0.15, -0.1) is 0 Å². The Bertz CT molecular complexity index is 721. The van der Waals surface area contributed by atoms with Crippen molar-refractivity contribution in [3.63, 3.8) is 0 Å². The first-order valence-corrected chi connectivity index (χ1v) is 6.55. The molecule has 0 spiro atoms. The van der Waals surface area contributed by atoms with Gasteiger partial charge in [-0.3, -0.25) is 9.59 Å². The second-order valence-electron chi connectivity index (χ2n) is 4.73. The second-order valence-corrected chi connectivity index (χ2v) is 4.73. The standard InChI is InChI=1S/C16H14O7/c1-22-9-5-8(6-10(7-9)23-2)11-3-4-12(15(18)19)14(17)13(11)16(20)21/h3-7,12H,1-2H3,(H,18,19)(H,20,21). The monoisotopic (exact) mass is 318 g/mol. The Morgan fingerprint density at radius 2 is 1.61 bits per heavy atom. The maximum Gasteiger partial charge on any atom is 0.340 e. The number of hydrogen-bond acceptors (Lipinski definition) is 5. The molecular weight excluding hydrogens is 304 g/mol. The van der Waals surface area contributed by atoms with Gasteiger partial charge < -0.3 is 19.7 Å².